The molecule has 0 spiro atoms. The van der Waals surface area contributed by atoms with Crippen molar-refractivity contribution in [3.63, 3.8) is 0 Å². The molecule has 0 aliphatic heterocycles. The predicted molar refractivity (Wildman–Crippen MR) is 82.1 cm³/mol. The number of benzene rings is 1. The van der Waals surface area contributed by atoms with Crippen molar-refractivity contribution in [3.8, 4) is 5.75 Å². The summed E-state index contributed by atoms with van der Waals surface area (Å²) in [5, 5.41) is 3.38. The Morgan fingerprint density at radius 1 is 1.40 bits per heavy atom. The Kier molecular flexibility index (Phi) is 6.82. The number of rotatable bonds is 7. The number of halogens is 1. The third-order valence-corrected chi connectivity index (χ3v) is 3.47. The molecule has 0 bridgehead atoms. The molecule has 5 heteroatoms. The van der Waals surface area contributed by atoms with Gasteiger partial charge in [0.2, 0.25) is 0 Å². The topological polar surface area (TPSA) is 64.3 Å². The zero-order valence-electron chi connectivity index (χ0n) is 12.3. The van der Waals surface area contributed by atoms with Gasteiger partial charge in [0.15, 0.2) is 6.61 Å². The van der Waals surface area contributed by atoms with Crippen LogP contribution in [0.1, 0.15) is 26.3 Å². The first-order valence-electron chi connectivity index (χ1n) is 6.84. The van der Waals surface area contributed by atoms with E-state index in [9.17, 15) is 4.79 Å². The third-order valence-electron chi connectivity index (χ3n) is 3.18. The summed E-state index contributed by atoms with van der Waals surface area (Å²) >= 11 is 6.11. The highest BCUT2D eigenvalue weighted by Gasteiger charge is 2.12. The van der Waals surface area contributed by atoms with Crippen LogP contribution in [-0.2, 0) is 11.2 Å². The van der Waals surface area contributed by atoms with Crippen LogP contribution in [-0.4, -0.2) is 25.1 Å². The van der Waals surface area contributed by atoms with E-state index in [0.29, 0.717) is 23.2 Å². The first kappa shape index (κ1) is 16.8. The van der Waals surface area contributed by atoms with Crippen LogP contribution in [0.4, 0.5) is 0 Å². The van der Waals surface area contributed by atoms with Gasteiger partial charge in [-0.1, -0.05) is 31.5 Å². The summed E-state index contributed by atoms with van der Waals surface area (Å²) in [6.45, 7) is 6.62. The van der Waals surface area contributed by atoms with Crippen molar-refractivity contribution in [2.45, 2.75) is 33.2 Å². The second-order valence-corrected chi connectivity index (χ2v) is 5.60. The van der Waals surface area contributed by atoms with Crippen molar-refractivity contribution in [3.05, 3.63) is 28.8 Å². The molecule has 3 N–H and O–H groups in total. The molecule has 0 saturated heterocycles. The Morgan fingerprint density at radius 2 is 2.10 bits per heavy atom. The average Bonchev–Trinajstić information content (AvgIpc) is 2.38. The molecule has 1 atom stereocenters. The van der Waals surface area contributed by atoms with E-state index in [4.69, 9.17) is 22.1 Å². The molecule has 1 aromatic carbocycles. The van der Waals surface area contributed by atoms with Crippen molar-refractivity contribution >= 4 is 17.5 Å². The predicted octanol–water partition coefficient (Wildman–Crippen LogP) is 2.38. The number of carbonyl (C=O) groups is 1. The Hall–Kier alpha value is -1.26. The molecule has 0 radical (unpaired) electrons. The van der Waals surface area contributed by atoms with Gasteiger partial charge in [0, 0.05) is 6.04 Å². The number of amides is 1. The van der Waals surface area contributed by atoms with Gasteiger partial charge >= 0.3 is 0 Å². The van der Waals surface area contributed by atoms with E-state index in [2.05, 4.69) is 19.2 Å². The second-order valence-electron chi connectivity index (χ2n) is 5.19. The lowest BCUT2D eigenvalue weighted by atomic mass is 10.1. The molecule has 1 unspecified atom stereocenters. The van der Waals surface area contributed by atoms with Crippen molar-refractivity contribution in [1.29, 1.82) is 0 Å². The summed E-state index contributed by atoms with van der Waals surface area (Å²) in [6.07, 6.45) is 0.770. The van der Waals surface area contributed by atoms with Crippen LogP contribution in [0.5, 0.6) is 5.75 Å². The molecule has 1 aromatic rings. The van der Waals surface area contributed by atoms with Crippen LogP contribution in [0.25, 0.3) is 0 Å². The highest BCUT2D eigenvalue weighted by Crippen LogP contribution is 2.25. The average molecular weight is 299 g/mol. The Morgan fingerprint density at radius 3 is 2.65 bits per heavy atom. The maximum Gasteiger partial charge on any atom is 0.258 e. The van der Waals surface area contributed by atoms with Gasteiger partial charge in [0.25, 0.3) is 5.91 Å². The number of nitrogens with one attached hydrogen (secondary N) is 1. The van der Waals surface area contributed by atoms with E-state index >= 15 is 0 Å². The van der Waals surface area contributed by atoms with E-state index in [1.54, 1.807) is 6.07 Å². The van der Waals surface area contributed by atoms with Crippen LogP contribution in [0.15, 0.2) is 18.2 Å². The van der Waals surface area contributed by atoms with Gasteiger partial charge in [-0.15, -0.1) is 0 Å². The largest absolute Gasteiger partial charge is 0.482 e. The lowest BCUT2D eigenvalue weighted by molar-refractivity contribution is -0.123. The van der Waals surface area contributed by atoms with Gasteiger partial charge in [-0.3, -0.25) is 4.79 Å². The molecule has 0 heterocycles. The molecular weight excluding hydrogens is 276 g/mol. The van der Waals surface area contributed by atoms with Crippen molar-refractivity contribution in [2.24, 2.45) is 11.7 Å². The van der Waals surface area contributed by atoms with Gasteiger partial charge in [-0.05, 0) is 43.5 Å². The fourth-order valence-electron chi connectivity index (χ4n) is 1.59. The van der Waals surface area contributed by atoms with E-state index in [-0.39, 0.29) is 18.6 Å². The Labute approximate surface area is 125 Å². The summed E-state index contributed by atoms with van der Waals surface area (Å²) < 4.78 is 5.44. The quantitative estimate of drug-likeness (QED) is 0.812. The minimum Gasteiger partial charge on any atom is -0.482 e. The zero-order valence-corrected chi connectivity index (χ0v) is 13.0. The Balaban J connectivity index is 2.51. The molecule has 0 saturated carbocycles. The molecular formula is C15H23ClN2O2. The van der Waals surface area contributed by atoms with Gasteiger partial charge in [0.05, 0.1) is 5.02 Å². The molecule has 1 rings (SSSR count). The number of hydrogen-bond donors (Lipinski definition) is 2. The summed E-state index contributed by atoms with van der Waals surface area (Å²) in [7, 11) is 0. The standard InChI is InChI=1S/C15H23ClN2O2/c1-10(2)11(3)18-15(19)9-20-14-5-4-12(6-7-17)8-13(14)16/h4-5,8,10-11H,6-7,9,17H2,1-3H3,(H,18,19). The third kappa shape index (κ3) is 5.39. The summed E-state index contributed by atoms with van der Waals surface area (Å²) in [5.41, 5.74) is 6.55. The molecule has 0 aliphatic carbocycles. The van der Waals surface area contributed by atoms with E-state index in [1.165, 1.54) is 0 Å². The SMILES string of the molecule is CC(C)C(C)NC(=O)COc1ccc(CCN)cc1Cl. The maximum absolute atomic E-state index is 11.7. The van der Waals surface area contributed by atoms with Gasteiger partial charge in [0.1, 0.15) is 5.75 Å². The number of carbonyl (C=O) groups excluding carboxylic acids is 1. The smallest absolute Gasteiger partial charge is 0.258 e. The van der Waals surface area contributed by atoms with Crippen molar-refractivity contribution in [2.75, 3.05) is 13.2 Å². The van der Waals surface area contributed by atoms with Crippen LogP contribution in [0.3, 0.4) is 0 Å². The zero-order chi connectivity index (χ0) is 15.1. The fraction of sp³-hybridized carbons (Fsp3) is 0.533. The molecule has 0 aromatic heterocycles. The minimum absolute atomic E-state index is 0.0347. The van der Waals surface area contributed by atoms with Crippen LogP contribution >= 0.6 is 11.6 Å². The first-order valence-corrected chi connectivity index (χ1v) is 7.22. The van der Waals surface area contributed by atoms with Crippen molar-refractivity contribution in [1.82, 2.24) is 5.32 Å². The number of ether oxygens (including phenoxy) is 1. The van der Waals surface area contributed by atoms with Crippen LogP contribution in [0, 0.1) is 5.92 Å². The fourth-order valence-corrected chi connectivity index (χ4v) is 1.85. The molecule has 20 heavy (non-hydrogen) atoms. The first-order chi connectivity index (χ1) is 9.43. The van der Waals surface area contributed by atoms with Crippen LogP contribution in [0.2, 0.25) is 5.02 Å². The Bertz CT molecular complexity index is 449. The second kappa shape index (κ2) is 8.12. The molecule has 112 valence electrons. The monoisotopic (exact) mass is 298 g/mol. The molecule has 4 nitrogen and oxygen atoms in total. The van der Waals surface area contributed by atoms with E-state index in [0.717, 1.165) is 12.0 Å². The highest BCUT2D eigenvalue weighted by atomic mass is 35.5. The summed E-state index contributed by atoms with van der Waals surface area (Å²) in [5.74, 6) is 0.756. The van der Waals surface area contributed by atoms with Crippen LogP contribution < -0.4 is 15.8 Å². The maximum atomic E-state index is 11.7. The molecule has 1 amide bonds. The molecule has 0 fully saturated rings. The highest BCUT2D eigenvalue weighted by molar-refractivity contribution is 6.32. The number of nitrogens with two attached hydrogens (primary N) is 1. The molecule has 0 aliphatic rings. The van der Waals surface area contributed by atoms with Gasteiger partial charge in [-0.2, -0.15) is 0 Å². The van der Waals surface area contributed by atoms with E-state index < -0.39 is 0 Å². The number of hydrogen-bond acceptors (Lipinski definition) is 3. The lowest BCUT2D eigenvalue weighted by Gasteiger charge is -2.17. The van der Waals surface area contributed by atoms with Gasteiger partial charge < -0.3 is 15.8 Å². The van der Waals surface area contributed by atoms with Gasteiger partial charge in [-0.25, -0.2) is 0 Å². The van der Waals surface area contributed by atoms with Crippen molar-refractivity contribution < 1.29 is 9.53 Å². The summed E-state index contributed by atoms with van der Waals surface area (Å²) in [6, 6.07) is 5.61. The summed E-state index contributed by atoms with van der Waals surface area (Å²) in [4.78, 5) is 11.7. The lowest BCUT2D eigenvalue weighted by Crippen LogP contribution is -2.38. The van der Waals surface area contributed by atoms with E-state index in [1.807, 2.05) is 19.1 Å². The normalized spacial score (nSPS) is 12.3. The minimum atomic E-state index is -0.145.